The van der Waals surface area contributed by atoms with Gasteiger partial charge in [0, 0.05) is 38.3 Å². The highest BCUT2D eigenvalue weighted by molar-refractivity contribution is 5.96. The van der Waals surface area contributed by atoms with Gasteiger partial charge in [-0.15, -0.1) is 0 Å². The Morgan fingerprint density at radius 3 is 2.50 bits per heavy atom. The SMILES string of the molecule is Cc1oc(C)c(C(=O)N2CCCN(CCN)CC2)c1C. The Hall–Kier alpha value is -1.33. The quantitative estimate of drug-likeness (QED) is 0.906. The number of nitrogens with zero attached hydrogens (tertiary/aromatic N) is 2. The van der Waals surface area contributed by atoms with Crippen LogP contribution >= 0.6 is 0 Å². The van der Waals surface area contributed by atoms with Crippen LogP contribution in [-0.2, 0) is 0 Å². The first-order valence-electron chi connectivity index (χ1n) is 7.33. The molecule has 2 N–H and O–H groups in total. The summed E-state index contributed by atoms with van der Waals surface area (Å²) in [6.45, 7) is 10.8. The van der Waals surface area contributed by atoms with Crippen molar-refractivity contribution in [3.05, 3.63) is 22.6 Å². The molecule has 0 spiro atoms. The Kier molecular flexibility index (Phi) is 4.83. The molecular weight excluding hydrogens is 254 g/mol. The summed E-state index contributed by atoms with van der Waals surface area (Å²) in [5.74, 6) is 1.67. The summed E-state index contributed by atoms with van der Waals surface area (Å²) in [5, 5.41) is 0. The largest absolute Gasteiger partial charge is 0.466 e. The van der Waals surface area contributed by atoms with E-state index in [9.17, 15) is 4.79 Å². The third-order valence-electron chi connectivity index (χ3n) is 4.10. The molecule has 5 heteroatoms. The number of hydrogen-bond donors (Lipinski definition) is 1. The summed E-state index contributed by atoms with van der Waals surface area (Å²) < 4.78 is 5.57. The van der Waals surface area contributed by atoms with Gasteiger partial charge in [0.1, 0.15) is 11.5 Å². The fourth-order valence-electron chi connectivity index (χ4n) is 2.85. The molecular formula is C15H25N3O2. The molecule has 1 aromatic heterocycles. The van der Waals surface area contributed by atoms with Crippen molar-refractivity contribution >= 4 is 5.91 Å². The van der Waals surface area contributed by atoms with Gasteiger partial charge in [-0.2, -0.15) is 0 Å². The number of hydrogen-bond acceptors (Lipinski definition) is 4. The Bertz CT molecular complexity index is 482. The molecule has 1 aromatic rings. The zero-order valence-electron chi connectivity index (χ0n) is 12.7. The molecule has 1 fully saturated rings. The molecule has 0 radical (unpaired) electrons. The van der Waals surface area contributed by atoms with Crippen molar-refractivity contribution in [2.75, 3.05) is 39.3 Å². The molecule has 1 amide bonds. The highest BCUT2D eigenvalue weighted by atomic mass is 16.3. The molecule has 0 bridgehead atoms. The van der Waals surface area contributed by atoms with E-state index in [4.69, 9.17) is 10.2 Å². The summed E-state index contributed by atoms with van der Waals surface area (Å²) in [6.07, 6.45) is 1.00. The van der Waals surface area contributed by atoms with Crippen molar-refractivity contribution < 1.29 is 9.21 Å². The van der Waals surface area contributed by atoms with Crippen molar-refractivity contribution in [3.63, 3.8) is 0 Å². The summed E-state index contributed by atoms with van der Waals surface area (Å²) in [4.78, 5) is 17.0. The predicted molar refractivity (Wildman–Crippen MR) is 78.9 cm³/mol. The van der Waals surface area contributed by atoms with Crippen molar-refractivity contribution in [2.24, 2.45) is 5.73 Å². The van der Waals surface area contributed by atoms with E-state index in [1.165, 1.54) is 0 Å². The van der Waals surface area contributed by atoms with Crippen LogP contribution in [0.3, 0.4) is 0 Å². The third kappa shape index (κ3) is 3.04. The summed E-state index contributed by atoms with van der Waals surface area (Å²) >= 11 is 0. The minimum absolute atomic E-state index is 0.103. The number of nitrogens with two attached hydrogens (primary N) is 1. The van der Waals surface area contributed by atoms with Crippen LogP contribution in [0.5, 0.6) is 0 Å². The number of amides is 1. The maximum atomic E-state index is 12.7. The van der Waals surface area contributed by atoms with Crippen LogP contribution in [0.2, 0.25) is 0 Å². The lowest BCUT2D eigenvalue weighted by Gasteiger charge is -2.21. The van der Waals surface area contributed by atoms with Gasteiger partial charge >= 0.3 is 0 Å². The molecule has 1 saturated heterocycles. The van der Waals surface area contributed by atoms with Crippen LogP contribution in [0, 0.1) is 20.8 Å². The van der Waals surface area contributed by atoms with Gasteiger partial charge in [0.15, 0.2) is 0 Å². The van der Waals surface area contributed by atoms with E-state index in [1.807, 2.05) is 25.7 Å². The molecule has 0 saturated carbocycles. The van der Waals surface area contributed by atoms with E-state index in [1.54, 1.807) is 0 Å². The van der Waals surface area contributed by atoms with E-state index in [0.29, 0.717) is 6.54 Å². The van der Waals surface area contributed by atoms with Crippen molar-refractivity contribution in [2.45, 2.75) is 27.2 Å². The molecule has 0 atom stereocenters. The minimum Gasteiger partial charge on any atom is -0.466 e. The molecule has 1 aliphatic rings. The normalized spacial score (nSPS) is 17.3. The number of furan rings is 1. The van der Waals surface area contributed by atoms with E-state index in [2.05, 4.69) is 4.90 Å². The second-order valence-electron chi connectivity index (χ2n) is 5.49. The molecule has 20 heavy (non-hydrogen) atoms. The van der Waals surface area contributed by atoms with Crippen molar-refractivity contribution in [3.8, 4) is 0 Å². The van der Waals surface area contributed by atoms with E-state index >= 15 is 0 Å². The maximum absolute atomic E-state index is 12.7. The highest BCUT2D eigenvalue weighted by Gasteiger charge is 2.25. The fraction of sp³-hybridized carbons (Fsp3) is 0.667. The second-order valence-corrected chi connectivity index (χ2v) is 5.49. The Labute approximate surface area is 120 Å². The van der Waals surface area contributed by atoms with Crippen LogP contribution in [0.15, 0.2) is 4.42 Å². The van der Waals surface area contributed by atoms with Gasteiger partial charge in [-0.1, -0.05) is 0 Å². The molecule has 112 valence electrons. The van der Waals surface area contributed by atoms with Gasteiger partial charge in [-0.05, 0) is 33.7 Å². The number of carbonyl (C=O) groups is 1. The summed E-state index contributed by atoms with van der Waals surface area (Å²) in [7, 11) is 0. The van der Waals surface area contributed by atoms with Gasteiger partial charge in [0.25, 0.3) is 5.91 Å². The lowest BCUT2D eigenvalue weighted by atomic mass is 10.1. The lowest BCUT2D eigenvalue weighted by molar-refractivity contribution is 0.0759. The molecule has 2 heterocycles. The third-order valence-corrected chi connectivity index (χ3v) is 4.10. The van der Waals surface area contributed by atoms with Crippen LogP contribution in [-0.4, -0.2) is 55.0 Å². The van der Waals surface area contributed by atoms with Crippen LogP contribution in [0.4, 0.5) is 0 Å². The molecule has 0 aromatic carbocycles. The minimum atomic E-state index is 0.103. The standard InChI is InChI=1S/C15H25N3O2/c1-11-12(2)20-13(3)14(11)15(19)18-7-4-6-17(8-5-16)9-10-18/h4-10,16H2,1-3H3. The zero-order valence-corrected chi connectivity index (χ0v) is 12.7. The van der Waals surface area contributed by atoms with E-state index in [-0.39, 0.29) is 5.91 Å². The van der Waals surface area contributed by atoms with Crippen molar-refractivity contribution in [1.29, 1.82) is 0 Å². The van der Waals surface area contributed by atoms with Crippen LogP contribution in [0.25, 0.3) is 0 Å². The average Bonchev–Trinajstić information content (AvgIpc) is 2.59. The van der Waals surface area contributed by atoms with Gasteiger partial charge < -0.3 is 20.0 Å². The topological polar surface area (TPSA) is 62.7 Å². The van der Waals surface area contributed by atoms with Crippen LogP contribution in [0.1, 0.15) is 33.9 Å². The molecule has 0 aliphatic carbocycles. The van der Waals surface area contributed by atoms with Gasteiger partial charge in [0.2, 0.25) is 0 Å². The first kappa shape index (κ1) is 15.1. The first-order chi connectivity index (χ1) is 9.54. The summed E-state index contributed by atoms with van der Waals surface area (Å²) in [5.41, 5.74) is 7.32. The number of aryl methyl sites for hydroxylation is 2. The molecule has 0 unspecified atom stereocenters. The Morgan fingerprint density at radius 1 is 1.15 bits per heavy atom. The smallest absolute Gasteiger partial charge is 0.257 e. The fourth-order valence-corrected chi connectivity index (χ4v) is 2.85. The number of carbonyl (C=O) groups excluding carboxylic acids is 1. The number of rotatable bonds is 3. The zero-order chi connectivity index (χ0) is 14.7. The van der Waals surface area contributed by atoms with Gasteiger partial charge in [-0.25, -0.2) is 0 Å². The molecule has 2 rings (SSSR count). The molecule has 1 aliphatic heterocycles. The van der Waals surface area contributed by atoms with E-state index in [0.717, 1.165) is 61.8 Å². The highest BCUT2D eigenvalue weighted by Crippen LogP contribution is 2.22. The first-order valence-corrected chi connectivity index (χ1v) is 7.33. The Morgan fingerprint density at radius 2 is 1.90 bits per heavy atom. The average molecular weight is 279 g/mol. The monoisotopic (exact) mass is 279 g/mol. The predicted octanol–water partition coefficient (Wildman–Crippen LogP) is 1.31. The molecule has 5 nitrogen and oxygen atoms in total. The Balaban J connectivity index is 2.09. The lowest BCUT2D eigenvalue weighted by Crippen LogP contribution is -2.36. The summed E-state index contributed by atoms with van der Waals surface area (Å²) in [6, 6.07) is 0. The van der Waals surface area contributed by atoms with Crippen LogP contribution < -0.4 is 5.73 Å². The van der Waals surface area contributed by atoms with Gasteiger partial charge in [0.05, 0.1) is 5.56 Å². The second kappa shape index (κ2) is 6.41. The maximum Gasteiger partial charge on any atom is 0.257 e. The van der Waals surface area contributed by atoms with Crippen molar-refractivity contribution in [1.82, 2.24) is 9.80 Å². The van der Waals surface area contributed by atoms with Gasteiger partial charge in [-0.3, -0.25) is 4.79 Å². The van der Waals surface area contributed by atoms with E-state index < -0.39 is 0 Å².